The maximum Gasteiger partial charge on any atom is 0.324 e. The van der Waals surface area contributed by atoms with Crippen LogP contribution in [0.3, 0.4) is 0 Å². The number of nitrogens with zero attached hydrogens (tertiary/aromatic N) is 5. The van der Waals surface area contributed by atoms with E-state index in [1.807, 2.05) is 18.2 Å². The van der Waals surface area contributed by atoms with Gasteiger partial charge in [0, 0.05) is 11.6 Å². The van der Waals surface area contributed by atoms with E-state index in [0.717, 1.165) is 5.56 Å². The predicted molar refractivity (Wildman–Crippen MR) is 118 cm³/mol. The average Bonchev–Trinajstić information content (AvgIpc) is 2.79. The van der Waals surface area contributed by atoms with Crippen LogP contribution >= 0.6 is 0 Å². The van der Waals surface area contributed by atoms with E-state index in [-0.39, 0.29) is 17.2 Å². The molecule has 15 heteroatoms. The van der Waals surface area contributed by atoms with Gasteiger partial charge in [-0.2, -0.15) is 0 Å². The van der Waals surface area contributed by atoms with Gasteiger partial charge in [0.2, 0.25) is 0 Å². The molecule has 0 radical (unpaired) electrons. The van der Waals surface area contributed by atoms with Crippen LogP contribution in [0.25, 0.3) is 0 Å². The Labute approximate surface area is 189 Å². The van der Waals surface area contributed by atoms with Crippen LogP contribution in [0.1, 0.15) is 5.56 Å². The van der Waals surface area contributed by atoms with Crippen molar-refractivity contribution in [3.63, 3.8) is 0 Å². The standard InChI is InChI=1S/C13H11N3O2.C6H3N3O7/c14-13(10-6-2-1-3-7-10)15-11-8-4-5-9-12(11)16(17)18;10-6-4(8(13)14)1-3(7(11)12)2-5(6)9(15)16/h1-9H,(H2,14,15);1-2,10H. The molecule has 34 heavy (non-hydrogen) atoms. The first-order valence-corrected chi connectivity index (χ1v) is 8.96. The first-order chi connectivity index (χ1) is 16.0. The van der Waals surface area contributed by atoms with E-state index in [9.17, 15) is 40.5 Å². The molecule has 0 aliphatic rings. The highest BCUT2D eigenvalue weighted by Crippen LogP contribution is 2.39. The number of hydrogen-bond acceptors (Lipinski definition) is 10. The fourth-order valence-electron chi connectivity index (χ4n) is 2.49. The molecule has 3 rings (SSSR count). The van der Waals surface area contributed by atoms with Gasteiger partial charge in [-0.1, -0.05) is 42.5 Å². The highest BCUT2D eigenvalue weighted by Gasteiger charge is 2.30. The maximum atomic E-state index is 10.8. The minimum atomic E-state index is -1.21. The van der Waals surface area contributed by atoms with Gasteiger partial charge in [0.1, 0.15) is 11.5 Å². The molecule has 0 atom stereocenters. The fraction of sp³-hybridized carbons (Fsp3) is 0. The quantitative estimate of drug-likeness (QED) is 0.229. The summed E-state index contributed by atoms with van der Waals surface area (Å²) in [7, 11) is 0. The Hall–Kier alpha value is -5.47. The number of para-hydroxylation sites is 2. The lowest BCUT2D eigenvalue weighted by molar-refractivity contribution is -0.404. The lowest BCUT2D eigenvalue weighted by Crippen LogP contribution is -2.12. The van der Waals surface area contributed by atoms with Gasteiger partial charge in [0.15, 0.2) is 0 Å². The van der Waals surface area contributed by atoms with E-state index in [4.69, 9.17) is 10.8 Å². The molecular formula is C19H14N6O9. The fourth-order valence-corrected chi connectivity index (χ4v) is 2.49. The molecule has 15 nitrogen and oxygen atoms in total. The van der Waals surface area contributed by atoms with Gasteiger partial charge in [0.25, 0.3) is 17.1 Å². The monoisotopic (exact) mass is 470 g/mol. The summed E-state index contributed by atoms with van der Waals surface area (Å²) >= 11 is 0. The van der Waals surface area contributed by atoms with Gasteiger partial charge < -0.3 is 10.8 Å². The minimum Gasteiger partial charge on any atom is -0.497 e. The van der Waals surface area contributed by atoms with E-state index in [2.05, 4.69) is 4.99 Å². The zero-order valence-corrected chi connectivity index (χ0v) is 16.9. The molecule has 0 bridgehead atoms. The van der Waals surface area contributed by atoms with E-state index >= 15 is 0 Å². The third kappa shape index (κ3) is 6.03. The van der Waals surface area contributed by atoms with Crippen molar-refractivity contribution in [1.82, 2.24) is 0 Å². The van der Waals surface area contributed by atoms with E-state index in [1.54, 1.807) is 30.3 Å². The van der Waals surface area contributed by atoms with Gasteiger partial charge in [-0.25, -0.2) is 4.99 Å². The first-order valence-electron chi connectivity index (χ1n) is 8.96. The third-order valence-electron chi connectivity index (χ3n) is 4.05. The number of aromatic hydroxyl groups is 1. The molecule has 3 N–H and O–H groups in total. The van der Waals surface area contributed by atoms with Crippen LogP contribution in [0.5, 0.6) is 5.75 Å². The van der Waals surface area contributed by atoms with E-state index in [0.29, 0.717) is 12.1 Å². The topological polar surface area (TPSA) is 231 Å². The summed E-state index contributed by atoms with van der Waals surface area (Å²) < 4.78 is 0. The van der Waals surface area contributed by atoms with Gasteiger partial charge >= 0.3 is 11.4 Å². The van der Waals surface area contributed by atoms with Crippen LogP contribution in [-0.4, -0.2) is 30.6 Å². The Morgan fingerprint density at radius 3 is 1.65 bits per heavy atom. The number of nitrogens with two attached hydrogens (primary N) is 1. The summed E-state index contributed by atoms with van der Waals surface area (Å²) in [5.74, 6) is -0.953. The van der Waals surface area contributed by atoms with Gasteiger partial charge in [0.05, 0.1) is 31.8 Å². The number of benzene rings is 3. The van der Waals surface area contributed by atoms with Gasteiger partial charge in [-0.3, -0.25) is 40.5 Å². The Morgan fingerprint density at radius 2 is 1.18 bits per heavy atom. The molecule has 0 aliphatic heterocycles. The van der Waals surface area contributed by atoms with Gasteiger partial charge in [-0.05, 0) is 6.07 Å². The summed E-state index contributed by atoms with van der Waals surface area (Å²) in [6, 6.07) is 16.3. The molecule has 3 aromatic carbocycles. The molecular weight excluding hydrogens is 456 g/mol. The highest BCUT2D eigenvalue weighted by molar-refractivity contribution is 5.99. The Bertz CT molecular complexity index is 1260. The Morgan fingerprint density at radius 1 is 0.706 bits per heavy atom. The second kappa shape index (κ2) is 10.7. The van der Waals surface area contributed by atoms with Crippen LogP contribution in [0.15, 0.2) is 71.7 Å². The number of hydrogen-bond donors (Lipinski definition) is 2. The minimum absolute atomic E-state index is 0.0589. The number of phenols is 1. The number of rotatable bonds is 6. The summed E-state index contributed by atoms with van der Waals surface area (Å²) in [6.45, 7) is 0. The summed E-state index contributed by atoms with van der Waals surface area (Å²) in [6.07, 6.45) is 0. The lowest BCUT2D eigenvalue weighted by Gasteiger charge is -2.01. The van der Waals surface area contributed by atoms with Crippen molar-refractivity contribution < 1.29 is 24.8 Å². The van der Waals surface area contributed by atoms with Crippen molar-refractivity contribution in [3.05, 3.63) is 113 Å². The van der Waals surface area contributed by atoms with Crippen LogP contribution < -0.4 is 5.73 Å². The largest absolute Gasteiger partial charge is 0.497 e. The number of nitro groups is 4. The zero-order chi connectivity index (χ0) is 25.4. The number of aliphatic imine (C=N–C) groups is 1. The molecule has 0 aromatic heterocycles. The summed E-state index contributed by atoms with van der Waals surface area (Å²) in [5, 5.41) is 51.0. The molecule has 0 fully saturated rings. The average molecular weight is 470 g/mol. The SMILES string of the molecule is NC(=Nc1ccccc1[N+](=O)[O-])c1ccccc1.O=[N+]([O-])c1cc([N+](=O)[O-])c(O)c([N+](=O)[O-])c1. The number of phenolic OH excluding ortho intramolecular Hbond substituents is 1. The van der Waals surface area contributed by atoms with Crippen LogP contribution in [0.4, 0.5) is 28.4 Å². The normalized spacial score (nSPS) is 10.5. The second-order valence-electron chi connectivity index (χ2n) is 6.21. The lowest BCUT2D eigenvalue weighted by atomic mass is 10.2. The molecule has 0 spiro atoms. The second-order valence-corrected chi connectivity index (χ2v) is 6.21. The predicted octanol–water partition coefficient (Wildman–Crippen LogP) is 3.75. The van der Waals surface area contributed by atoms with Crippen molar-refractivity contribution in [2.24, 2.45) is 10.7 Å². The molecule has 0 saturated heterocycles. The van der Waals surface area contributed by atoms with Crippen molar-refractivity contribution in [3.8, 4) is 5.75 Å². The summed E-state index contributed by atoms with van der Waals surface area (Å²) in [5.41, 5.74) is 3.75. The van der Waals surface area contributed by atoms with Crippen LogP contribution in [-0.2, 0) is 0 Å². The molecule has 0 saturated carbocycles. The van der Waals surface area contributed by atoms with Gasteiger partial charge in [-0.15, -0.1) is 0 Å². The Kier molecular flexibility index (Phi) is 7.81. The smallest absolute Gasteiger partial charge is 0.324 e. The van der Waals surface area contributed by atoms with Crippen LogP contribution in [0, 0.1) is 40.5 Å². The number of nitro benzene ring substituents is 4. The van der Waals surface area contributed by atoms with E-state index < -0.39 is 42.5 Å². The zero-order valence-electron chi connectivity index (χ0n) is 16.9. The first kappa shape index (κ1) is 24.8. The van der Waals surface area contributed by atoms with Crippen molar-refractivity contribution in [1.29, 1.82) is 0 Å². The van der Waals surface area contributed by atoms with Crippen molar-refractivity contribution in [2.45, 2.75) is 0 Å². The maximum absolute atomic E-state index is 10.8. The molecule has 174 valence electrons. The molecule has 0 unspecified atom stereocenters. The molecule has 0 heterocycles. The van der Waals surface area contributed by atoms with E-state index in [1.165, 1.54) is 6.07 Å². The molecule has 0 amide bonds. The summed E-state index contributed by atoms with van der Waals surface area (Å²) in [4.78, 5) is 42.2. The highest BCUT2D eigenvalue weighted by atomic mass is 16.6. The van der Waals surface area contributed by atoms with Crippen molar-refractivity contribution >= 4 is 34.3 Å². The van der Waals surface area contributed by atoms with Crippen LogP contribution in [0.2, 0.25) is 0 Å². The molecule has 3 aromatic rings. The Balaban J connectivity index is 0.000000242. The van der Waals surface area contributed by atoms with Crippen molar-refractivity contribution in [2.75, 3.05) is 0 Å². The molecule has 0 aliphatic carbocycles. The third-order valence-corrected chi connectivity index (χ3v) is 4.05. The number of non-ortho nitro benzene ring substituents is 1. The number of amidine groups is 1.